The van der Waals surface area contributed by atoms with Crippen LogP contribution in [0.2, 0.25) is 0 Å². The molecule has 0 spiro atoms. The molecule has 5 heteroatoms. The van der Waals surface area contributed by atoms with Gasteiger partial charge >= 0.3 is 0 Å². The summed E-state index contributed by atoms with van der Waals surface area (Å²) in [5.41, 5.74) is 0. The third-order valence-corrected chi connectivity index (χ3v) is 0.751. The average molecular weight is 157 g/mol. The van der Waals surface area contributed by atoms with E-state index in [1.54, 1.807) is 5.32 Å². The van der Waals surface area contributed by atoms with E-state index in [1.165, 1.54) is 0 Å². The second-order valence-electron chi connectivity index (χ2n) is 1.68. The molecule has 0 atom stereocenters. The fourth-order valence-corrected chi connectivity index (χ4v) is 0.247. The topological polar surface area (TPSA) is 86.6 Å². The van der Waals surface area contributed by atoms with Gasteiger partial charge in [0.2, 0.25) is 0 Å². The quantitative estimate of drug-likeness (QED) is 0.381. The van der Waals surface area contributed by atoms with Gasteiger partial charge in [0.1, 0.15) is 0 Å². The SMILES string of the molecule is C=C(O)C(=O)NC(=O)C(=C)O. The molecule has 0 saturated heterocycles. The van der Waals surface area contributed by atoms with Crippen LogP contribution in [0.3, 0.4) is 0 Å². The van der Waals surface area contributed by atoms with Crippen molar-refractivity contribution in [3.05, 3.63) is 24.7 Å². The van der Waals surface area contributed by atoms with E-state index in [1.807, 2.05) is 0 Å². The molecule has 0 unspecified atom stereocenters. The van der Waals surface area contributed by atoms with Crippen LogP contribution in [0.25, 0.3) is 0 Å². The van der Waals surface area contributed by atoms with Crippen molar-refractivity contribution in [1.29, 1.82) is 0 Å². The van der Waals surface area contributed by atoms with Crippen molar-refractivity contribution in [3.63, 3.8) is 0 Å². The van der Waals surface area contributed by atoms with Crippen LogP contribution in [-0.4, -0.2) is 22.0 Å². The van der Waals surface area contributed by atoms with E-state index >= 15 is 0 Å². The van der Waals surface area contributed by atoms with E-state index in [9.17, 15) is 9.59 Å². The first-order valence-corrected chi connectivity index (χ1v) is 2.56. The molecule has 0 aromatic heterocycles. The van der Waals surface area contributed by atoms with Gasteiger partial charge in [0, 0.05) is 0 Å². The van der Waals surface area contributed by atoms with Gasteiger partial charge < -0.3 is 10.2 Å². The Morgan fingerprint density at radius 1 is 1.00 bits per heavy atom. The summed E-state index contributed by atoms with van der Waals surface area (Å²) in [5.74, 6) is -3.74. The Morgan fingerprint density at radius 3 is 1.45 bits per heavy atom. The molecule has 0 aliphatic heterocycles. The minimum absolute atomic E-state index is 0.806. The first-order chi connectivity index (χ1) is 4.95. The highest BCUT2D eigenvalue weighted by Crippen LogP contribution is 1.85. The van der Waals surface area contributed by atoms with Crippen LogP contribution in [0.5, 0.6) is 0 Å². The lowest BCUT2D eigenvalue weighted by atomic mass is 10.4. The maximum absolute atomic E-state index is 10.4. The summed E-state index contributed by atoms with van der Waals surface area (Å²) in [5, 5.41) is 18.4. The Hall–Kier alpha value is -1.78. The number of hydrogen-bond donors (Lipinski definition) is 3. The van der Waals surface area contributed by atoms with Crippen LogP contribution >= 0.6 is 0 Å². The van der Waals surface area contributed by atoms with Crippen molar-refractivity contribution >= 4 is 11.8 Å². The Bertz CT molecular complexity index is 207. The first-order valence-electron chi connectivity index (χ1n) is 2.56. The van der Waals surface area contributed by atoms with Crippen LogP contribution < -0.4 is 5.32 Å². The van der Waals surface area contributed by atoms with Gasteiger partial charge in [0.25, 0.3) is 11.8 Å². The fourth-order valence-electron chi connectivity index (χ4n) is 0.247. The number of aliphatic hydroxyl groups is 2. The summed E-state index contributed by atoms with van der Waals surface area (Å²) in [4.78, 5) is 20.8. The van der Waals surface area contributed by atoms with Crippen LogP contribution in [0.1, 0.15) is 0 Å². The molecule has 11 heavy (non-hydrogen) atoms. The van der Waals surface area contributed by atoms with Crippen molar-refractivity contribution in [2.45, 2.75) is 0 Å². The van der Waals surface area contributed by atoms with Crippen LogP contribution in [0.15, 0.2) is 24.7 Å². The standard InChI is InChI=1S/C6H7NO4/c1-3(8)5(10)7-6(11)4(2)9/h8-9H,1-2H2,(H,7,10,11). The summed E-state index contributed by atoms with van der Waals surface area (Å²) in [6, 6.07) is 0. The fraction of sp³-hybridized carbons (Fsp3) is 0. The Labute approximate surface area is 62.6 Å². The molecular weight excluding hydrogens is 150 g/mol. The van der Waals surface area contributed by atoms with Gasteiger partial charge in [0.15, 0.2) is 11.5 Å². The Kier molecular flexibility index (Phi) is 2.85. The van der Waals surface area contributed by atoms with Crippen molar-refractivity contribution < 1.29 is 19.8 Å². The largest absolute Gasteiger partial charge is 0.503 e. The molecule has 0 fully saturated rings. The van der Waals surface area contributed by atoms with Crippen molar-refractivity contribution in [2.75, 3.05) is 0 Å². The van der Waals surface area contributed by atoms with Crippen molar-refractivity contribution in [1.82, 2.24) is 5.32 Å². The number of amides is 2. The number of nitrogens with one attached hydrogen (secondary N) is 1. The molecule has 5 nitrogen and oxygen atoms in total. The molecule has 0 bridgehead atoms. The summed E-state index contributed by atoms with van der Waals surface area (Å²) in [6.45, 7) is 5.69. The van der Waals surface area contributed by atoms with Gasteiger partial charge in [0.05, 0.1) is 0 Å². The summed E-state index contributed by atoms with van der Waals surface area (Å²) in [6.07, 6.45) is 0. The number of carbonyl (C=O) groups excluding carboxylic acids is 2. The maximum Gasteiger partial charge on any atom is 0.292 e. The van der Waals surface area contributed by atoms with Gasteiger partial charge in [-0.3, -0.25) is 14.9 Å². The Balaban J connectivity index is 4.07. The molecule has 0 aromatic carbocycles. The lowest BCUT2D eigenvalue weighted by Crippen LogP contribution is -2.32. The zero-order chi connectivity index (χ0) is 9.02. The molecule has 0 saturated carbocycles. The predicted molar refractivity (Wildman–Crippen MR) is 36.7 cm³/mol. The van der Waals surface area contributed by atoms with Crippen LogP contribution in [0, 0.1) is 0 Å². The second-order valence-corrected chi connectivity index (χ2v) is 1.68. The second kappa shape index (κ2) is 3.40. The summed E-state index contributed by atoms with van der Waals surface area (Å²) in [7, 11) is 0. The maximum atomic E-state index is 10.4. The molecule has 60 valence electrons. The van der Waals surface area contributed by atoms with Crippen LogP contribution in [-0.2, 0) is 9.59 Å². The van der Waals surface area contributed by atoms with E-state index in [0.717, 1.165) is 0 Å². The van der Waals surface area contributed by atoms with Crippen molar-refractivity contribution in [3.8, 4) is 0 Å². The molecule has 3 N–H and O–H groups in total. The smallest absolute Gasteiger partial charge is 0.292 e. The number of hydrogen-bond acceptors (Lipinski definition) is 4. The summed E-state index contributed by atoms with van der Waals surface area (Å²) >= 11 is 0. The molecular formula is C6H7NO4. The van der Waals surface area contributed by atoms with Gasteiger partial charge in [-0.1, -0.05) is 13.2 Å². The number of rotatable bonds is 2. The lowest BCUT2D eigenvalue weighted by molar-refractivity contribution is -0.129. The molecule has 2 amide bonds. The molecule has 0 radical (unpaired) electrons. The normalized spacial score (nSPS) is 8.36. The molecule has 0 heterocycles. The van der Waals surface area contributed by atoms with E-state index in [2.05, 4.69) is 13.2 Å². The predicted octanol–water partition coefficient (Wildman–Crippen LogP) is -0.227. The zero-order valence-electron chi connectivity index (χ0n) is 5.63. The number of aliphatic hydroxyl groups excluding tert-OH is 2. The minimum atomic E-state index is -1.06. The Morgan fingerprint density at radius 2 is 1.27 bits per heavy atom. The monoisotopic (exact) mass is 157 g/mol. The van der Waals surface area contributed by atoms with Gasteiger partial charge in [-0.05, 0) is 0 Å². The van der Waals surface area contributed by atoms with E-state index in [0.29, 0.717) is 0 Å². The average Bonchev–Trinajstić information content (AvgIpc) is 1.87. The number of carbonyl (C=O) groups is 2. The van der Waals surface area contributed by atoms with Gasteiger partial charge in [-0.2, -0.15) is 0 Å². The first kappa shape index (κ1) is 9.22. The molecule has 0 aliphatic carbocycles. The molecule has 0 rings (SSSR count). The van der Waals surface area contributed by atoms with E-state index < -0.39 is 23.3 Å². The third-order valence-electron chi connectivity index (χ3n) is 0.751. The molecule has 0 aromatic rings. The highest BCUT2D eigenvalue weighted by Gasteiger charge is 2.11. The highest BCUT2D eigenvalue weighted by molar-refractivity contribution is 6.07. The van der Waals surface area contributed by atoms with E-state index in [-0.39, 0.29) is 0 Å². The highest BCUT2D eigenvalue weighted by atomic mass is 16.3. The minimum Gasteiger partial charge on any atom is -0.503 e. The molecule has 0 aliphatic rings. The number of imide groups is 1. The zero-order valence-corrected chi connectivity index (χ0v) is 5.63. The lowest BCUT2D eigenvalue weighted by Gasteiger charge is -1.99. The van der Waals surface area contributed by atoms with Gasteiger partial charge in [-0.25, -0.2) is 0 Å². The third kappa shape index (κ3) is 3.04. The van der Waals surface area contributed by atoms with Crippen LogP contribution in [0.4, 0.5) is 0 Å². The van der Waals surface area contributed by atoms with Gasteiger partial charge in [-0.15, -0.1) is 0 Å². The van der Waals surface area contributed by atoms with Crippen molar-refractivity contribution in [2.24, 2.45) is 0 Å². The van der Waals surface area contributed by atoms with E-state index in [4.69, 9.17) is 10.2 Å². The summed E-state index contributed by atoms with van der Waals surface area (Å²) < 4.78 is 0.